The van der Waals surface area contributed by atoms with E-state index in [0.29, 0.717) is 18.3 Å². The smallest absolute Gasteiger partial charge is 0.191 e. The van der Waals surface area contributed by atoms with Gasteiger partial charge in [0.15, 0.2) is 17.5 Å². The van der Waals surface area contributed by atoms with Crippen molar-refractivity contribution in [3.05, 3.63) is 59.7 Å². The van der Waals surface area contributed by atoms with E-state index in [4.69, 9.17) is 9.47 Å². The molecule has 1 aliphatic rings. The first-order valence-corrected chi connectivity index (χ1v) is 10.9. The number of nitrogens with zero attached hydrogens (tertiary/aromatic N) is 2. The van der Waals surface area contributed by atoms with Crippen molar-refractivity contribution in [3.63, 3.8) is 0 Å². The minimum absolute atomic E-state index is 0.151. The van der Waals surface area contributed by atoms with Crippen LogP contribution >= 0.6 is 0 Å². The summed E-state index contributed by atoms with van der Waals surface area (Å²) in [6.45, 7) is 5.02. The number of aliphatic imine (C=N–C) groups is 1. The molecule has 32 heavy (non-hydrogen) atoms. The summed E-state index contributed by atoms with van der Waals surface area (Å²) in [6, 6.07) is 11.6. The maximum atomic E-state index is 13.9. The molecule has 6 nitrogen and oxygen atoms in total. The number of methoxy groups -OCH3 is 1. The summed E-state index contributed by atoms with van der Waals surface area (Å²) in [7, 11) is 3.21. The fourth-order valence-electron chi connectivity index (χ4n) is 3.74. The van der Waals surface area contributed by atoms with Crippen molar-refractivity contribution in [1.82, 2.24) is 15.5 Å². The summed E-state index contributed by atoms with van der Waals surface area (Å²) in [4.78, 5) is 6.62. The maximum absolute atomic E-state index is 13.9. The Morgan fingerprint density at radius 1 is 1.19 bits per heavy atom. The molecule has 1 saturated heterocycles. The highest BCUT2D eigenvalue weighted by Gasteiger charge is 2.20. The van der Waals surface area contributed by atoms with Crippen molar-refractivity contribution >= 4 is 5.96 Å². The molecule has 0 amide bonds. The van der Waals surface area contributed by atoms with Crippen molar-refractivity contribution < 1.29 is 18.3 Å². The predicted molar refractivity (Wildman–Crippen MR) is 122 cm³/mol. The second-order valence-corrected chi connectivity index (χ2v) is 8.00. The van der Waals surface area contributed by atoms with E-state index in [-0.39, 0.29) is 23.5 Å². The van der Waals surface area contributed by atoms with Crippen LogP contribution in [-0.4, -0.2) is 56.8 Å². The first-order chi connectivity index (χ1) is 15.5. The molecule has 1 aliphatic heterocycles. The van der Waals surface area contributed by atoms with Crippen molar-refractivity contribution in [1.29, 1.82) is 0 Å². The second kappa shape index (κ2) is 11.7. The van der Waals surface area contributed by atoms with Gasteiger partial charge in [-0.2, -0.15) is 0 Å². The molecule has 1 atom stereocenters. The van der Waals surface area contributed by atoms with Gasteiger partial charge in [0.05, 0.1) is 13.7 Å². The molecule has 8 heteroatoms. The van der Waals surface area contributed by atoms with Gasteiger partial charge < -0.3 is 20.1 Å². The molecule has 0 spiro atoms. The molecule has 0 bridgehead atoms. The lowest BCUT2D eigenvalue weighted by Crippen LogP contribution is -2.49. The number of ether oxygens (including phenoxy) is 2. The van der Waals surface area contributed by atoms with Crippen LogP contribution in [0.3, 0.4) is 0 Å². The Kier molecular flexibility index (Phi) is 8.67. The third-order valence-electron chi connectivity index (χ3n) is 5.46. The zero-order chi connectivity index (χ0) is 22.9. The van der Waals surface area contributed by atoms with Crippen LogP contribution in [0, 0.1) is 11.6 Å². The highest BCUT2D eigenvalue weighted by Crippen LogP contribution is 2.20. The molecule has 2 aromatic rings. The Morgan fingerprint density at radius 2 is 1.97 bits per heavy atom. The fourth-order valence-corrected chi connectivity index (χ4v) is 3.74. The highest BCUT2D eigenvalue weighted by molar-refractivity contribution is 5.80. The SMILES string of the molecule is CN=C(NCC(C)Oc1cccc(F)c1)NC1CCN(Cc2ccc(OC)c(F)c2)CC1. The van der Waals surface area contributed by atoms with Crippen LogP contribution in [0.1, 0.15) is 25.3 Å². The van der Waals surface area contributed by atoms with Crippen molar-refractivity contribution in [2.45, 2.75) is 38.5 Å². The lowest BCUT2D eigenvalue weighted by atomic mass is 10.0. The average molecular weight is 447 g/mol. The molecule has 2 N–H and O–H groups in total. The van der Waals surface area contributed by atoms with Gasteiger partial charge in [-0.1, -0.05) is 12.1 Å². The highest BCUT2D eigenvalue weighted by atomic mass is 19.1. The Balaban J connectivity index is 1.39. The summed E-state index contributed by atoms with van der Waals surface area (Å²) in [5.41, 5.74) is 0.944. The number of likely N-dealkylation sites (tertiary alicyclic amines) is 1. The number of nitrogens with one attached hydrogen (secondary N) is 2. The zero-order valence-corrected chi connectivity index (χ0v) is 18.9. The van der Waals surface area contributed by atoms with Crippen molar-refractivity contribution in [2.24, 2.45) is 4.99 Å². The topological polar surface area (TPSA) is 58.1 Å². The lowest BCUT2D eigenvalue weighted by molar-refractivity contribution is 0.197. The lowest BCUT2D eigenvalue weighted by Gasteiger charge is -2.33. The fraction of sp³-hybridized carbons (Fsp3) is 0.458. The molecule has 174 valence electrons. The number of benzene rings is 2. The molecular formula is C24H32F2N4O2. The van der Waals surface area contributed by atoms with Crippen molar-refractivity contribution in [2.75, 3.05) is 33.8 Å². The summed E-state index contributed by atoms with van der Waals surface area (Å²) < 4.78 is 37.9. The molecule has 0 radical (unpaired) electrons. The van der Waals surface area contributed by atoms with Gasteiger partial charge in [-0.05, 0) is 49.6 Å². The summed E-state index contributed by atoms with van der Waals surface area (Å²) in [5, 5.41) is 6.74. The van der Waals surface area contributed by atoms with E-state index in [0.717, 1.165) is 44.0 Å². The standard InChI is InChI=1S/C24H32F2N4O2/c1-17(32-21-6-4-5-19(25)14-21)15-28-24(27-2)29-20-9-11-30(12-10-20)16-18-7-8-23(31-3)22(26)13-18/h4-8,13-14,17,20H,9-12,15-16H2,1-3H3,(H2,27,28,29). The van der Waals surface area contributed by atoms with Crippen LogP contribution in [0.5, 0.6) is 11.5 Å². The number of hydrogen-bond acceptors (Lipinski definition) is 4. The zero-order valence-electron chi connectivity index (χ0n) is 18.9. The molecule has 0 aliphatic carbocycles. The van der Waals surface area contributed by atoms with Crippen molar-refractivity contribution in [3.8, 4) is 11.5 Å². The minimum Gasteiger partial charge on any atom is -0.494 e. The summed E-state index contributed by atoms with van der Waals surface area (Å²) >= 11 is 0. The summed E-state index contributed by atoms with van der Waals surface area (Å²) in [6.07, 6.45) is 1.78. The van der Waals surface area contributed by atoms with Crippen LogP contribution in [0.25, 0.3) is 0 Å². The van der Waals surface area contributed by atoms with E-state index in [1.165, 1.54) is 19.2 Å². The Morgan fingerprint density at radius 3 is 2.62 bits per heavy atom. The first-order valence-electron chi connectivity index (χ1n) is 10.9. The largest absolute Gasteiger partial charge is 0.494 e. The van der Waals surface area contributed by atoms with E-state index in [2.05, 4.69) is 20.5 Å². The van der Waals surface area contributed by atoms with Gasteiger partial charge >= 0.3 is 0 Å². The van der Waals surface area contributed by atoms with Gasteiger partial charge in [-0.15, -0.1) is 0 Å². The number of piperidine rings is 1. The first kappa shape index (κ1) is 23.8. The summed E-state index contributed by atoms with van der Waals surface area (Å²) in [5.74, 6) is 0.851. The maximum Gasteiger partial charge on any atom is 0.191 e. The monoisotopic (exact) mass is 446 g/mol. The molecule has 2 aromatic carbocycles. The molecular weight excluding hydrogens is 414 g/mol. The quantitative estimate of drug-likeness (QED) is 0.480. The van der Waals surface area contributed by atoms with Crippen LogP contribution < -0.4 is 20.1 Å². The van der Waals surface area contributed by atoms with Crippen LogP contribution in [0.4, 0.5) is 8.78 Å². The van der Waals surface area contributed by atoms with E-state index < -0.39 is 0 Å². The van der Waals surface area contributed by atoms with Crippen LogP contribution in [0.2, 0.25) is 0 Å². The van der Waals surface area contributed by atoms with E-state index >= 15 is 0 Å². The van der Waals surface area contributed by atoms with Crippen LogP contribution in [-0.2, 0) is 6.54 Å². The normalized spacial score (nSPS) is 16.5. The molecule has 1 fully saturated rings. The molecule has 0 aromatic heterocycles. The van der Waals surface area contributed by atoms with E-state index in [1.54, 1.807) is 31.3 Å². The molecule has 1 heterocycles. The van der Waals surface area contributed by atoms with Gasteiger partial charge in [0.2, 0.25) is 0 Å². The van der Waals surface area contributed by atoms with Gasteiger partial charge in [0.1, 0.15) is 17.7 Å². The van der Waals surface area contributed by atoms with Gasteiger partial charge in [-0.25, -0.2) is 8.78 Å². The Bertz CT molecular complexity index is 901. The van der Waals surface area contributed by atoms with E-state index in [9.17, 15) is 8.78 Å². The Hall–Kier alpha value is -2.87. The number of rotatable bonds is 8. The van der Waals surface area contributed by atoms with Gasteiger partial charge in [-0.3, -0.25) is 9.89 Å². The van der Waals surface area contributed by atoms with E-state index in [1.807, 2.05) is 13.0 Å². The third kappa shape index (κ3) is 7.09. The minimum atomic E-state index is -0.327. The number of guanidine groups is 1. The van der Waals surface area contributed by atoms with Gasteiger partial charge in [0.25, 0.3) is 0 Å². The Labute approximate surface area is 188 Å². The molecule has 0 saturated carbocycles. The third-order valence-corrected chi connectivity index (χ3v) is 5.46. The number of hydrogen-bond donors (Lipinski definition) is 2. The van der Waals surface area contributed by atoms with Crippen LogP contribution in [0.15, 0.2) is 47.5 Å². The second-order valence-electron chi connectivity index (χ2n) is 8.00. The van der Waals surface area contributed by atoms with Gasteiger partial charge in [0, 0.05) is 38.8 Å². The predicted octanol–water partition coefficient (Wildman–Crippen LogP) is 3.57. The molecule has 1 unspecified atom stereocenters. The average Bonchev–Trinajstić information content (AvgIpc) is 2.78. The molecule has 3 rings (SSSR count). The number of halogens is 2.